The van der Waals surface area contributed by atoms with Crippen molar-refractivity contribution in [3.63, 3.8) is 0 Å². The molecule has 18 heavy (non-hydrogen) atoms. The molecule has 0 fully saturated rings. The number of oxazole rings is 1. The molecule has 0 aliphatic rings. The van der Waals surface area contributed by atoms with Crippen LogP contribution in [0, 0.1) is 0 Å². The number of aromatic nitrogens is 1. The number of fused-ring (bicyclic) bond motifs is 1. The number of hydrogen-bond acceptors (Lipinski definition) is 4. The summed E-state index contributed by atoms with van der Waals surface area (Å²) in [6.07, 6.45) is 0.396. The molecular weight excluding hydrogens is 234 g/mol. The van der Waals surface area contributed by atoms with Crippen molar-refractivity contribution in [3.05, 3.63) is 28.7 Å². The second-order valence-electron chi connectivity index (χ2n) is 4.01. The zero-order chi connectivity index (χ0) is 13.1. The minimum Gasteiger partial charge on any atom is -0.408 e. The van der Waals surface area contributed by atoms with E-state index >= 15 is 0 Å². The molecular formula is C12H15N3O3. The maximum absolute atomic E-state index is 11.5. The molecule has 6 heteroatoms. The van der Waals surface area contributed by atoms with Gasteiger partial charge in [-0.05, 0) is 19.2 Å². The Morgan fingerprint density at radius 1 is 1.44 bits per heavy atom. The Bertz CT molecular complexity index is 627. The van der Waals surface area contributed by atoms with E-state index in [1.807, 2.05) is 0 Å². The lowest BCUT2D eigenvalue weighted by Gasteiger charge is -2.04. The summed E-state index contributed by atoms with van der Waals surface area (Å²) in [5.74, 6) is -0.495. The number of benzene rings is 1. The van der Waals surface area contributed by atoms with E-state index in [0.717, 1.165) is 0 Å². The van der Waals surface area contributed by atoms with Crippen molar-refractivity contribution in [2.24, 2.45) is 7.05 Å². The number of aryl methyl sites for hydroxylation is 1. The van der Waals surface area contributed by atoms with E-state index in [2.05, 4.69) is 10.6 Å². The van der Waals surface area contributed by atoms with Crippen LogP contribution in [0.5, 0.6) is 0 Å². The molecule has 1 amide bonds. The van der Waals surface area contributed by atoms with Crippen molar-refractivity contribution < 1.29 is 9.21 Å². The summed E-state index contributed by atoms with van der Waals surface area (Å²) < 4.78 is 6.46. The molecule has 0 spiro atoms. The minimum absolute atomic E-state index is 0.0815. The average Bonchev–Trinajstić information content (AvgIpc) is 2.62. The van der Waals surface area contributed by atoms with Crippen LogP contribution in [-0.2, 0) is 11.8 Å². The van der Waals surface area contributed by atoms with Crippen molar-refractivity contribution in [2.45, 2.75) is 6.42 Å². The van der Waals surface area contributed by atoms with Gasteiger partial charge in [0, 0.05) is 31.8 Å². The highest BCUT2D eigenvalue weighted by Gasteiger charge is 2.07. The Balaban J connectivity index is 2.20. The second-order valence-corrected chi connectivity index (χ2v) is 4.01. The molecule has 96 valence electrons. The van der Waals surface area contributed by atoms with E-state index in [1.165, 1.54) is 4.57 Å². The first-order valence-corrected chi connectivity index (χ1v) is 5.66. The minimum atomic E-state index is -0.413. The number of carbonyl (C=O) groups excluding carboxylic acids is 1. The van der Waals surface area contributed by atoms with Gasteiger partial charge in [-0.15, -0.1) is 0 Å². The fourth-order valence-electron chi connectivity index (χ4n) is 1.67. The number of carbonyl (C=O) groups is 1. The van der Waals surface area contributed by atoms with Crippen molar-refractivity contribution in [1.29, 1.82) is 0 Å². The van der Waals surface area contributed by atoms with Crippen molar-refractivity contribution in [3.8, 4) is 0 Å². The van der Waals surface area contributed by atoms with Gasteiger partial charge in [-0.3, -0.25) is 9.36 Å². The molecule has 0 atom stereocenters. The Morgan fingerprint density at radius 3 is 2.94 bits per heavy atom. The summed E-state index contributed by atoms with van der Waals surface area (Å²) in [7, 11) is 3.43. The first-order valence-electron chi connectivity index (χ1n) is 5.66. The monoisotopic (exact) mass is 249 g/mol. The summed E-state index contributed by atoms with van der Waals surface area (Å²) in [4.78, 5) is 22.8. The standard InChI is InChI=1S/C12H15N3O3/c1-13-6-5-11(16)14-8-3-4-9-10(7-8)18-12(17)15(9)2/h3-4,7,13H,5-6H2,1-2H3,(H,14,16). The molecule has 2 N–H and O–H groups in total. The van der Waals surface area contributed by atoms with E-state index in [0.29, 0.717) is 29.8 Å². The van der Waals surface area contributed by atoms with E-state index < -0.39 is 5.76 Å². The topological polar surface area (TPSA) is 76.3 Å². The first kappa shape index (κ1) is 12.4. The van der Waals surface area contributed by atoms with Crippen LogP contribution in [0.4, 0.5) is 5.69 Å². The summed E-state index contributed by atoms with van der Waals surface area (Å²) in [5.41, 5.74) is 1.79. The van der Waals surface area contributed by atoms with E-state index in [-0.39, 0.29) is 5.91 Å². The van der Waals surface area contributed by atoms with Crippen molar-refractivity contribution in [1.82, 2.24) is 9.88 Å². The maximum Gasteiger partial charge on any atom is 0.419 e. The molecule has 0 bridgehead atoms. The molecule has 6 nitrogen and oxygen atoms in total. The van der Waals surface area contributed by atoms with E-state index in [9.17, 15) is 9.59 Å². The van der Waals surface area contributed by atoms with Crippen LogP contribution in [0.15, 0.2) is 27.4 Å². The van der Waals surface area contributed by atoms with Crippen LogP contribution in [0.25, 0.3) is 11.1 Å². The van der Waals surface area contributed by atoms with Gasteiger partial charge in [0.1, 0.15) is 0 Å². The van der Waals surface area contributed by atoms with Gasteiger partial charge in [-0.2, -0.15) is 0 Å². The van der Waals surface area contributed by atoms with Gasteiger partial charge in [0.15, 0.2) is 5.58 Å². The zero-order valence-corrected chi connectivity index (χ0v) is 10.3. The second kappa shape index (κ2) is 5.05. The molecule has 0 aliphatic carbocycles. The van der Waals surface area contributed by atoms with Gasteiger partial charge in [-0.25, -0.2) is 4.79 Å². The highest BCUT2D eigenvalue weighted by molar-refractivity contribution is 5.92. The third-order valence-electron chi connectivity index (χ3n) is 2.68. The van der Waals surface area contributed by atoms with Crippen molar-refractivity contribution in [2.75, 3.05) is 18.9 Å². The van der Waals surface area contributed by atoms with E-state index in [1.54, 1.807) is 32.3 Å². The van der Waals surface area contributed by atoms with E-state index in [4.69, 9.17) is 4.42 Å². The van der Waals surface area contributed by atoms with Gasteiger partial charge in [0.2, 0.25) is 5.91 Å². The molecule has 1 aromatic carbocycles. The maximum atomic E-state index is 11.5. The van der Waals surface area contributed by atoms with Crippen LogP contribution in [0.3, 0.4) is 0 Å². The van der Waals surface area contributed by atoms with Gasteiger partial charge in [0.25, 0.3) is 0 Å². The molecule has 2 aromatic rings. The van der Waals surface area contributed by atoms with Gasteiger partial charge < -0.3 is 15.1 Å². The Hall–Kier alpha value is -2.08. The molecule has 0 unspecified atom stereocenters. The molecule has 2 rings (SSSR count). The summed E-state index contributed by atoms with van der Waals surface area (Å²) in [6, 6.07) is 5.14. The number of nitrogens with zero attached hydrogens (tertiary/aromatic N) is 1. The number of nitrogens with one attached hydrogen (secondary N) is 2. The zero-order valence-electron chi connectivity index (χ0n) is 10.3. The highest BCUT2D eigenvalue weighted by Crippen LogP contribution is 2.17. The number of anilines is 1. The predicted molar refractivity (Wildman–Crippen MR) is 68.6 cm³/mol. The van der Waals surface area contributed by atoms with Crippen LogP contribution in [0.1, 0.15) is 6.42 Å². The highest BCUT2D eigenvalue weighted by atomic mass is 16.4. The molecule has 0 saturated carbocycles. The lowest BCUT2D eigenvalue weighted by atomic mass is 10.2. The van der Waals surface area contributed by atoms with Crippen LogP contribution in [0.2, 0.25) is 0 Å². The Morgan fingerprint density at radius 2 is 2.22 bits per heavy atom. The SMILES string of the molecule is CNCCC(=O)Nc1ccc2c(c1)oc(=O)n2C. The fourth-order valence-corrected chi connectivity index (χ4v) is 1.67. The van der Waals surface area contributed by atoms with Crippen LogP contribution in [-0.4, -0.2) is 24.1 Å². The lowest BCUT2D eigenvalue weighted by molar-refractivity contribution is -0.116. The number of hydrogen-bond donors (Lipinski definition) is 2. The first-order chi connectivity index (χ1) is 8.61. The van der Waals surface area contributed by atoms with Gasteiger partial charge >= 0.3 is 5.76 Å². The summed E-state index contributed by atoms with van der Waals surface area (Å²) in [6.45, 7) is 0.620. The molecule has 0 aliphatic heterocycles. The molecule has 1 aromatic heterocycles. The molecule has 0 radical (unpaired) electrons. The Labute approximate surface area is 104 Å². The van der Waals surface area contributed by atoms with Crippen molar-refractivity contribution >= 4 is 22.7 Å². The predicted octanol–water partition coefficient (Wildman–Crippen LogP) is 0.679. The number of amides is 1. The average molecular weight is 249 g/mol. The summed E-state index contributed by atoms with van der Waals surface area (Å²) in [5, 5.41) is 5.65. The van der Waals surface area contributed by atoms with Crippen LogP contribution < -0.4 is 16.4 Å². The van der Waals surface area contributed by atoms with Gasteiger partial charge in [-0.1, -0.05) is 0 Å². The van der Waals surface area contributed by atoms with Gasteiger partial charge in [0.05, 0.1) is 5.52 Å². The number of rotatable bonds is 4. The largest absolute Gasteiger partial charge is 0.419 e. The fraction of sp³-hybridized carbons (Fsp3) is 0.333. The third-order valence-corrected chi connectivity index (χ3v) is 2.68. The summed E-state index contributed by atoms with van der Waals surface area (Å²) >= 11 is 0. The quantitative estimate of drug-likeness (QED) is 0.835. The molecule has 1 heterocycles. The normalized spacial score (nSPS) is 10.8. The lowest BCUT2D eigenvalue weighted by Crippen LogP contribution is -2.18. The smallest absolute Gasteiger partial charge is 0.408 e. The third kappa shape index (κ3) is 2.43. The Kier molecular flexibility index (Phi) is 3.47. The van der Waals surface area contributed by atoms with Crippen LogP contribution >= 0.6 is 0 Å². The molecule has 0 saturated heterocycles.